The number of carbonyl (C=O) groups excluding carboxylic acids is 1. The van der Waals surface area contributed by atoms with Crippen LogP contribution in [0.1, 0.15) is 50.8 Å². The number of hydrogen-bond donors (Lipinski definition) is 1. The lowest BCUT2D eigenvalue weighted by atomic mass is 9.86. The van der Waals surface area contributed by atoms with Gasteiger partial charge in [0.15, 0.2) is 0 Å². The van der Waals surface area contributed by atoms with Crippen molar-refractivity contribution in [3.8, 4) is 5.88 Å². The number of rotatable bonds is 3. The number of pyridine rings is 1. The molecule has 0 bridgehead atoms. The van der Waals surface area contributed by atoms with E-state index >= 15 is 0 Å². The minimum absolute atomic E-state index is 0.103. The summed E-state index contributed by atoms with van der Waals surface area (Å²) in [6.45, 7) is 7.37. The van der Waals surface area contributed by atoms with Gasteiger partial charge in [-0.3, -0.25) is 0 Å². The number of urea groups is 1. The summed E-state index contributed by atoms with van der Waals surface area (Å²) in [6, 6.07) is 12.2. The number of benzene rings is 1. The third kappa shape index (κ3) is 3.82. The van der Waals surface area contributed by atoms with Crippen molar-refractivity contribution in [2.45, 2.75) is 45.1 Å². The summed E-state index contributed by atoms with van der Waals surface area (Å²) in [6.07, 6.45) is 3.62. The van der Waals surface area contributed by atoms with E-state index in [1.54, 1.807) is 25.4 Å². The number of aromatic nitrogens is 1. The Hall–Kier alpha value is -2.56. The third-order valence-electron chi connectivity index (χ3n) is 4.88. The molecule has 1 saturated heterocycles. The molecule has 1 atom stereocenters. The van der Waals surface area contributed by atoms with Crippen LogP contribution in [0.2, 0.25) is 0 Å². The Morgan fingerprint density at radius 3 is 2.62 bits per heavy atom. The number of hydrogen-bond acceptors (Lipinski definition) is 3. The van der Waals surface area contributed by atoms with Crippen LogP contribution < -0.4 is 10.1 Å². The Labute approximate surface area is 155 Å². The largest absolute Gasteiger partial charge is 0.480 e. The van der Waals surface area contributed by atoms with Gasteiger partial charge in [0.25, 0.3) is 0 Å². The van der Waals surface area contributed by atoms with Gasteiger partial charge >= 0.3 is 6.03 Å². The van der Waals surface area contributed by atoms with Crippen molar-refractivity contribution in [2.75, 3.05) is 19.0 Å². The van der Waals surface area contributed by atoms with Gasteiger partial charge in [-0.2, -0.15) is 0 Å². The van der Waals surface area contributed by atoms with Crippen LogP contribution in [0.25, 0.3) is 0 Å². The highest BCUT2D eigenvalue weighted by Gasteiger charge is 2.30. The van der Waals surface area contributed by atoms with Crippen molar-refractivity contribution in [2.24, 2.45) is 0 Å². The van der Waals surface area contributed by atoms with Crippen molar-refractivity contribution >= 4 is 11.7 Å². The zero-order valence-electron chi connectivity index (χ0n) is 16.0. The number of likely N-dealkylation sites (tertiary alicyclic amines) is 1. The highest BCUT2D eigenvalue weighted by Crippen LogP contribution is 2.34. The second kappa shape index (κ2) is 7.36. The van der Waals surface area contributed by atoms with Crippen molar-refractivity contribution in [3.63, 3.8) is 0 Å². The van der Waals surface area contributed by atoms with E-state index in [9.17, 15) is 4.79 Å². The third-order valence-corrected chi connectivity index (χ3v) is 4.88. The van der Waals surface area contributed by atoms with E-state index in [-0.39, 0.29) is 17.5 Å². The molecule has 5 heteroatoms. The molecule has 3 rings (SSSR count). The molecule has 1 fully saturated rings. The number of nitrogens with one attached hydrogen (secondary N) is 1. The van der Waals surface area contributed by atoms with E-state index in [0.29, 0.717) is 11.6 Å². The predicted molar refractivity (Wildman–Crippen MR) is 104 cm³/mol. The van der Waals surface area contributed by atoms with Gasteiger partial charge in [0, 0.05) is 12.7 Å². The van der Waals surface area contributed by atoms with Crippen LogP contribution in [0.5, 0.6) is 5.88 Å². The zero-order valence-corrected chi connectivity index (χ0v) is 16.0. The monoisotopic (exact) mass is 353 g/mol. The second-order valence-electron chi connectivity index (χ2n) is 7.71. The van der Waals surface area contributed by atoms with Gasteiger partial charge in [-0.15, -0.1) is 0 Å². The first-order valence-electron chi connectivity index (χ1n) is 9.07. The van der Waals surface area contributed by atoms with Crippen LogP contribution in [0.15, 0.2) is 42.6 Å². The Morgan fingerprint density at radius 1 is 1.23 bits per heavy atom. The molecule has 1 aromatic heterocycles. The SMILES string of the molecule is COc1ncccc1NC(=O)N1CCC[C@H]1c1ccc(C(C)(C)C)cc1. The zero-order chi connectivity index (χ0) is 18.7. The van der Waals surface area contributed by atoms with E-state index in [4.69, 9.17) is 4.74 Å². The van der Waals surface area contributed by atoms with Crippen LogP contribution >= 0.6 is 0 Å². The first kappa shape index (κ1) is 18.2. The Bertz CT molecular complexity index is 766. The average Bonchev–Trinajstić information content (AvgIpc) is 3.11. The van der Waals surface area contributed by atoms with E-state index in [0.717, 1.165) is 19.4 Å². The molecule has 0 unspecified atom stereocenters. The fourth-order valence-electron chi connectivity index (χ4n) is 3.40. The number of ether oxygens (including phenoxy) is 1. The number of amides is 2. The minimum Gasteiger partial charge on any atom is -0.480 e. The summed E-state index contributed by atoms with van der Waals surface area (Å²) < 4.78 is 5.22. The summed E-state index contributed by atoms with van der Waals surface area (Å²) >= 11 is 0. The molecule has 1 N–H and O–H groups in total. The molecule has 0 saturated carbocycles. The highest BCUT2D eigenvalue weighted by atomic mass is 16.5. The molecule has 0 aliphatic carbocycles. The Morgan fingerprint density at radius 2 is 1.96 bits per heavy atom. The lowest BCUT2D eigenvalue weighted by molar-refractivity contribution is 0.207. The topological polar surface area (TPSA) is 54.5 Å². The maximum Gasteiger partial charge on any atom is 0.322 e. The molecule has 0 radical (unpaired) electrons. The summed E-state index contributed by atoms with van der Waals surface area (Å²) in [7, 11) is 1.55. The highest BCUT2D eigenvalue weighted by molar-refractivity contribution is 5.91. The first-order chi connectivity index (χ1) is 12.4. The van der Waals surface area contributed by atoms with E-state index in [2.05, 4.69) is 55.3 Å². The molecule has 2 amide bonds. The van der Waals surface area contributed by atoms with Crippen LogP contribution in [0, 0.1) is 0 Å². The average molecular weight is 353 g/mol. The molecule has 0 spiro atoms. The normalized spacial score (nSPS) is 17.2. The van der Waals surface area contributed by atoms with Gasteiger partial charge in [0.05, 0.1) is 13.2 Å². The lowest BCUT2D eigenvalue weighted by Gasteiger charge is -2.26. The maximum atomic E-state index is 12.8. The van der Waals surface area contributed by atoms with Gasteiger partial charge < -0.3 is 15.0 Å². The molecule has 5 nitrogen and oxygen atoms in total. The molecule has 26 heavy (non-hydrogen) atoms. The van der Waals surface area contributed by atoms with Crippen molar-refractivity contribution in [3.05, 3.63) is 53.7 Å². The van der Waals surface area contributed by atoms with Crippen LogP contribution in [0.3, 0.4) is 0 Å². The number of nitrogens with zero attached hydrogens (tertiary/aromatic N) is 2. The number of methoxy groups -OCH3 is 1. The smallest absolute Gasteiger partial charge is 0.322 e. The quantitative estimate of drug-likeness (QED) is 0.866. The van der Waals surface area contributed by atoms with Crippen molar-refractivity contribution in [1.29, 1.82) is 0 Å². The summed E-state index contributed by atoms with van der Waals surface area (Å²) in [5.74, 6) is 0.422. The molecule has 138 valence electrons. The first-order valence-corrected chi connectivity index (χ1v) is 9.07. The fraction of sp³-hybridized carbons (Fsp3) is 0.429. The van der Waals surface area contributed by atoms with Gasteiger partial charge in [-0.05, 0) is 41.5 Å². The van der Waals surface area contributed by atoms with Gasteiger partial charge in [0.2, 0.25) is 5.88 Å². The second-order valence-corrected chi connectivity index (χ2v) is 7.71. The Balaban J connectivity index is 1.76. The van der Waals surface area contributed by atoms with Gasteiger partial charge in [0.1, 0.15) is 5.69 Å². The molecular weight excluding hydrogens is 326 g/mol. The fourth-order valence-corrected chi connectivity index (χ4v) is 3.40. The maximum absolute atomic E-state index is 12.8. The number of anilines is 1. The molecule has 1 aliphatic rings. The summed E-state index contributed by atoms with van der Waals surface area (Å²) in [5, 5.41) is 2.94. The minimum atomic E-state index is -0.112. The van der Waals surface area contributed by atoms with Crippen LogP contribution in [0.4, 0.5) is 10.5 Å². The van der Waals surface area contributed by atoms with Gasteiger partial charge in [-0.1, -0.05) is 45.0 Å². The van der Waals surface area contributed by atoms with Gasteiger partial charge in [-0.25, -0.2) is 9.78 Å². The van der Waals surface area contributed by atoms with Crippen LogP contribution in [-0.2, 0) is 5.41 Å². The summed E-state index contributed by atoms with van der Waals surface area (Å²) in [5.41, 5.74) is 3.20. The number of carbonyl (C=O) groups is 1. The lowest BCUT2D eigenvalue weighted by Crippen LogP contribution is -2.34. The standard InChI is InChI=1S/C21H27N3O2/c1-21(2,3)16-11-9-15(10-12-16)18-8-6-14-24(18)20(25)23-17-7-5-13-22-19(17)26-4/h5,7,9-13,18H,6,8,14H2,1-4H3,(H,23,25)/t18-/m0/s1. The van der Waals surface area contributed by atoms with E-state index in [1.165, 1.54) is 11.1 Å². The van der Waals surface area contributed by atoms with E-state index < -0.39 is 0 Å². The van der Waals surface area contributed by atoms with Crippen LogP contribution in [-0.4, -0.2) is 29.6 Å². The Kier molecular flexibility index (Phi) is 5.16. The van der Waals surface area contributed by atoms with Crippen molar-refractivity contribution < 1.29 is 9.53 Å². The molecular formula is C21H27N3O2. The molecule has 2 heterocycles. The predicted octanol–water partition coefficient (Wildman–Crippen LogP) is 4.76. The molecule has 1 aromatic carbocycles. The van der Waals surface area contributed by atoms with E-state index in [1.807, 2.05) is 4.90 Å². The summed E-state index contributed by atoms with van der Waals surface area (Å²) in [4.78, 5) is 18.9. The molecule has 2 aromatic rings. The molecule has 1 aliphatic heterocycles. The van der Waals surface area contributed by atoms with Crippen molar-refractivity contribution in [1.82, 2.24) is 9.88 Å².